The second-order valence-corrected chi connectivity index (χ2v) is 5.22. The molecule has 0 saturated carbocycles. The summed E-state index contributed by atoms with van der Waals surface area (Å²) in [5.41, 5.74) is 1.79. The second kappa shape index (κ2) is 6.36. The molecule has 0 aromatic heterocycles. The molecule has 0 bridgehead atoms. The number of carboxylic acid groups (broad SMARTS) is 1. The van der Waals surface area contributed by atoms with Crippen LogP contribution in [0.4, 0.5) is 5.69 Å². The molecule has 0 aliphatic carbocycles. The predicted molar refractivity (Wildman–Crippen MR) is 75.4 cm³/mol. The summed E-state index contributed by atoms with van der Waals surface area (Å²) < 4.78 is 0. The number of nitrogens with zero attached hydrogens (tertiary/aromatic N) is 1. The van der Waals surface area contributed by atoms with Gasteiger partial charge in [-0.2, -0.15) is 0 Å². The Morgan fingerprint density at radius 3 is 2.00 bits per heavy atom. The first-order valence-corrected chi connectivity index (χ1v) is 6.46. The van der Waals surface area contributed by atoms with Crippen LogP contribution in [-0.2, 0) is 9.59 Å². The molecular formula is C15H21NO3. The quantitative estimate of drug-likeness (QED) is 0.888. The smallest absolute Gasteiger partial charge is 0.323 e. The molecule has 0 unspecified atom stereocenters. The first kappa shape index (κ1) is 15.2. The van der Waals surface area contributed by atoms with Gasteiger partial charge in [0.2, 0.25) is 5.91 Å². The molecule has 0 spiro atoms. The molecule has 0 saturated heterocycles. The van der Waals surface area contributed by atoms with Gasteiger partial charge in [0.1, 0.15) is 6.54 Å². The number of carbonyl (C=O) groups is 2. The van der Waals surface area contributed by atoms with E-state index in [1.807, 2.05) is 12.1 Å². The lowest BCUT2D eigenvalue weighted by molar-refractivity contribution is -0.137. The van der Waals surface area contributed by atoms with Crippen molar-refractivity contribution in [2.75, 3.05) is 11.4 Å². The van der Waals surface area contributed by atoms with E-state index in [9.17, 15) is 9.59 Å². The molecular weight excluding hydrogens is 242 g/mol. The molecule has 1 N–H and O–H groups in total. The van der Waals surface area contributed by atoms with Crippen LogP contribution in [0, 0.1) is 5.92 Å². The van der Waals surface area contributed by atoms with Gasteiger partial charge in [-0.15, -0.1) is 0 Å². The molecule has 1 aromatic rings. The highest BCUT2D eigenvalue weighted by atomic mass is 16.4. The largest absolute Gasteiger partial charge is 0.480 e. The van der Waals surface area contributed by atoms with E-state index in [-0.39, 0.29) is 18.4 Å². The van der Waals surface area contributed by atoms with Crippen molar-refractivity contribution in [2.24, 2.45) is 5.92 Å². The molecule has 0 fully saturated rings. The minimum absolute atomic E-state index is 0.181. The Bertz CT molecular complexity index is 449. The Kier molecular flexibility index (Phi) is 5.10. The molecule has 1 aromatic carbocycles. The third kappa shape index (κ3) is 4.09. The minimum atomic E-state index is -1.01. The standard InChI is InChI=1S/C15H21NO3/c1-10(2)12-5-7-13(8-6-12)16(9-14(17)18)15(19)11(3)4/h5-8,10-11H,9H2,1-4H3,(H,17,18). The van der Waals surface area contributed by atoms with Gasteiger partial charge in [-0.05, 0) is 23.6 Å². The number of carboxylic acids is 1. The van der Waals surface area contributed by atoms with Gasteiger partial charge in [0.15, 0.2) is 0 Å². The highest BCUT2D eigenvalue weighted by Crippen LogP contribution is 2.21. The van der Waals surface area contributed by atoms with E-state index in [4.69, 9.17) is 5.11 Å². The number of anilines is 1. The first-order valence-electron chi connectivity index (χ1n) is 6.46. The van der Waals surface area contributed by atoms with Gasteiger partial charge < -0.3 is 10.0 Å². The normalized spacial score (nSPS) is 10.8. The summed E-state index contributed by atoms with van der Waals surface area (Å²) in [5, 5.41) is 8.92. The molecule has 1 rings (SSSR count). The van der Waals surface area contributed by atoms with Crippen LogP contribution in [0.15, 0.2) is 24.3 Å². The zero-order valence-corrected chi connectivity index (χ0v) is 11.9. The molecule has 0 aliphatic rings. The number of hydrogen-bond acceptors (Lipinski definition) is 2. The summed E-state index contributed by atoms with van der Waals surface area (Å²) in [5.74, 6) is -1.02. The fraction of sp³-hybridized carbons (Fsp3) is 0.467. The fourth-order valence-electron chi connectivity index (χ4n) is 1.78. The van der Waals surface area contributed by atoms with Crippen molar-refractivity contribution in [3.63, 3.8) is 0 Å². The molecule has 104 valence electrons. The average molecular weight is 263 g/mol. The van der Waals surface area contributed by atoms with E-state index in [1.165, 1.54) is 4.90 Å². The van der Waals surface area contributed by atoms with Crippen LogP contribution < -0.4 is 4.90 Å². The van der Waals surface area contributed by atoms with Gasteiger partial charge in [-0.1, -0.05) is 39.8 Å². The van der Waals surface area contributed by atoms with Gasteiger partial charge >= 0.3 is 5.97 Å². The van der Waals surface area contributed by atoms with E-state index < -0.39 is 5.97 Å². The van der Waals surface area contributed by atoms with E-state index >= 15 is 0 Å². The molecule has 1 amide bonds. The maximum Gasteiger partial charge on any atom is 0.323 e. The fourth-order valence-corrected chi connectivity index (χ4v) is 1.78. The highest BCUT2D eigenvalue weighted by Gasteiger charge is 2.21. The summed E-state index contributed by atoms with van der Waals surface area (Å²) in [7, 11) is 0. The van der Waals surface area contributed by atoms with Crippen LogP contribution in [0.3, 0.4) is 0 Å². The lowest BCUT2D eigenvalue weighted by atomic mass is 10.0. The van der Waals surface area contributed by atoms with Crippen molar-refractivity contribution >= 4 is 17.6 Å². The summed E-state index contributed by atoms with van der Waals surface area (Å²) >= 11 is 0. The van der Waals surface area contributed by atoms with Gasteiger partial charge in [-0.3, -0.25) is 9.59 Å². The predicted octanol–water partition coefficient (Wildman–Crippen LogP) is 2.88. The van der Waals surface area contributed by atoms with Crippen molar-refractivity contribution in [1.29, 1.82) is 0 Å². The lowest BCUT2D eigenvalue weighted by Crippen LogP contribution is -2.38. The Hall–Kier alpha value is -1.84. The number of carbonyl (C=O) groups excluding carboxylic acids is 1. The SMILES string of the molecule is CC(C)C(=O)N(CC(=O)O)c1ccc(C(C)C)cc1. The number of aliphatic carboxylic acids is 1. The molecule has 19 heavy (non-hydrogen) atoms. The van der Waals surface area contributed by atoms with Crippen LogP contribution >= 0.6 is 0 Å². The molecule has 0 radical (unpaired) electrons. The zero-order chi connectivity index (χ0) is 14.6. The third-order valence-electron chi connectivity index (χ3n) is 2.92. The van der Waals surface area contributed by atoms with E-state index in [0.717, 1.165) is 5.56 Å². The van der Waals surface area contributed by atoms with Crippen LogP contribution in [0.25, 0.3) is 0 Å². The maximum absolute atomic E-state index is 12.1. The molecule has 0 aliphatic heterocycles. The number of hydrogen-bond donors (Lipinski definition) is 1. The van der Waals surface area contributed by atoms with Crippen molar-refractivity contribution in [3.8, 4) is 0 Å². The Morgan fingerprint density at radius 1 is 1.11 bits per heavy atom. The van der Waals surface area contributed by atoms with Gasteiger partial charge in [-0.25, -0.2) is 0 Å². The van der Waals surface area contributed by atoms with Crippen molar-refractivity contribution in [1.82, 2.24) is 0 Å². The number of amides is 1. The van der Waals surface area contributed by atoms with E-state index in [0.29, 0.717) is 11.6 Å². The van der Waals surface area contributed by atoms with E-state index in [1.54, 1.807) is 26.0 Å². The van der Waals surface area contributed by atoms with Crippen LogP contribution in [0.1, 0.15) is 39.2 Å². The topological polar surface area (TPSA) is 57.6 Å². The first-order chi connectivity index (χ1) is 8.82. The monoisotopic (exact) mass is 263 g/mol. The second-order valence-electron chi connectivity index (χ2n) is 5.22. The summed E-state index contributed by atoms with van der Waals surface area (Å²) in [6.07, 6.45) is 0. The average Bonchev–Trinajstić information content (AvgIpc) is 2.35. The van der Waals surface area contributed by atoms with E-state index in [2.05, 4.69) is 13.8 Å². The van der Waals surface area contributed by atoms with Crippen LogP contribution in [0.2, 0.25) is 0 Å². The Morgan fingerprint density at radius 2 is 1.63 bits per heavy atom. The Labute approximate surface area is 114 Å². The maximum atomic E-state index is 12.1. The van der Waals surface area contributed by atoms with Gasteiger partial charge in [0.05, 0.1) is 0 Å². The third-order valence-corrected chi connectivity index (χ3v) is 2.92. The molecule has 4 heteroatoms. The number of benzene rings is 1. The van der Waals surface area contributed by atoms with Crippen molar-refractivity contribution in [2.45, 2.75) is 33.6 Å². The zero-order valence-electron chi connectivity index (χ0n) is 11.9. The van der Waals surface area contributed by atoms with Gasteiger partial charge in [0, 0.05) is 11.6 Å². The summed E-state index contributed by atoms with van der Waals surface area (Å²) in [6.45, 7) is 7.39. The molecule has 0 heterocycles. The highest BCUT2D eigenvalue weighted by molar-refractivity contribution is 5.98. The lowest BCUT2D eigenvalue weighted by Gasteiger charge is -2.23. The van der Waals surface area contributed by atoms with Gasteiger partial charge in [0.25, 0.3) is 0 Å². The van der Waals surface area contributed by atoms with Crippen molar-refractivity contribution in [3.05, 3.63) is 29.8 Å². The number of rotatable bonds is 5. The minimum Gasteiger partial charge on any atom is -0.480 e. The van der Waals surface area contributed by atoms with Crippen molar-refractivity contribution < 1.29 is 14.7 Å². The summed E-state index contributed by atoms with van der Waals surface area (Å²) in [6, 6.07) is 7.47. The van der Waals surface area contributed by atoms with Crippen LogP contribution in [0.5, 0.6) is 0 Å². The summed E-state index contributed by atoms with van der Waals surface area (Å²) in [4.78, 5) is 24.3. The Balaban J connectivity index is 3.03. The molecule has 0 atom stereocenters. The van der Waals surface area contributed by atoms with Crippen LogP contribution in [-0.4, -0.2) is 23.5 Å². The molecule has 4 nitrogen and oxygen atoms in total.